The Balaban J connectivity index is 1.47. The zero-order valence-corrected chi connectivity index (χ0v) is 20.3. The number of sulfonamides is 1. The predicted octanol–water partition coefficient (Wildman–Crippen LogP) is 3.94. The fraction of sp³-hybridized carbons (Fsp3) is 0.160. The minimum Gasteiger partial charge on any atom is -0.486 e. The maximum Gasteiger partial charge on any atom is 0.354 e. The molecule has 3 heterocycles. The van der Waals surface area contributed by atoms with Crippen LogP contribution in [0.25, 0.3) is 4.91 Å². The number of rotatable bonds is 5. The van der Waals surface area contributed by atoms with E-state index in [0.717, 1.165) is 16.1 Å². The van der Waals surface area contributed by atoms with Gasteiger partial charge in [0.1, 0.15) is 13.2 Å². The predicted molar refractivity (Wildman–Crippen MR) is 130 cm³/mol. The number of aliphatic carboxylic acids is 1. The summed E-state index contributed by atoms with van der Waals surface area (Å²) in [6.07, 6.45) is 0. The Hall–Kier alpha value is -3.83. The largest absolute Gasteiger partial charge is 0.486 e. The van der Waals surface area contributed by atoms with E-state index in [2.05, 4.69) is 0 Å². The summed E-state index contributed by atoms with van der Waals surface area (Å²) < 4.78 is 50.3. The number of hydrogen-bond acceptors (Lipinski definition) is 8. The van der Waals surface area contributed by atoms with Crippen LogP contribution >= 0.6 is 11.8 Å². The number of benzene rings is 3. The molecular formula is C25H19NO8S2. The molecule has 36 heavy (non-hydrogen) atoms. The van der Waals surface area contributed by atoms with Gasteiger partial charge in [0.05, 0.1) is 16.3 Å². The third-order valence-corrected chi connectivity index (χ3v) is 8.77. The van der Waals surface area contributed by atoms with Crippen molar-refractivity contribution < 1.29 is 37.3 Å². The summed E-state index contributed by atoms with van der Waals surface area (Å²) in [6.45, 7) is 0.718. The summed E-state index contributed by atoms with van der Waals surface area (Å²) in [5.41, 5.74) is 0.565. The van der Waals surface area contributed by atoms with Crippen molar-refractivity contribution >= 4 is 32.7 Å². The standard InChI is InChI=1S/C25H19NO8S2/c27-25(28)23-24(35-16-6-8-19-21(12-16)34-14-33-19)17-3-1-2-4-22(17)36(29,30)26(23)13-15-5-7-18-20(11-15)32-10-9-31-18/h1-8,11-12H,9-10,13-14H2,(H,27,28). The van der Waals surface area contributed by atoms with Crippen LogP contribution in [0, 0.1) is 0 Å². The van der Waals surface area contributed by atoms with Crippen molar-refractivity contribution in [2.75, 3.05) is 20.0 Å². The highest BCUT2D eigenvalue weighted by Gasteiger charge is 2.40. The van der Waals surface area contributed by atoms with Gasteiger partial charge in [-0.15, -0.1) is 0 Å². The lowest BCUT2D eigenvalue weighted by molar-refractivity contribution is -0.133. The van der Waals surface area contributed by atoms with Crippen molar-refractivity contribution in [3.8, 4) is 23.0 Å². The van der Waals surface area contributed by atoms with Gasteiger partial charge in [-0.3, -0.25) is 4.31 Å². The van der Waals surface area contributed by atoms with E-state index in [1.54, 1.807) is 54.6 Å². The van der Waals surface area contributed by atoms with Gasteiger partial charge in [-0.2, -0.15) is 0 Å². The van der Waals surface area contributed by atoms with Crippen LogP contribution in [0.1, 0.15) is 11.1 Å². The lowest BCUT2D eigenvalue weighted by atomic mass is 10.1. The van der Waals surface area contributed by atoms with Crippen LogP contribution in [0.3, 0.4) is 0 Å². The smallest absolute Gasteiger partial charge is 0.354 e. The van der Waals surface area contributed by atoms with Crippen LogP contribution < -0.4 is 18.9 Å². The van der Waals surface area contributed by atoms with E-state index >= 15 is 0 Å². The lowest BCUT2D eigenvalue weighted by Crippen LogP contribution is -2.37. The molecule has 0 radical (unpaired) electrons. The average Bonchev–Trinajstić information content (AvgIpc) is 3.35. The monoisotopic (exact) mass is 525 g/mol. The molecule has 0 aliphatic carbocycles. The molecule has 0 aromatic heterocycles. The van der Waals surface area contributed by atoms with Gasteiger partial charge in [0.15, 0.2) is 28.7 Å². The number of thioether (sulfide) groups is 1. The summed E-state index contributed by atoms with van der Waals surface area (Å²) in [5.74, 6) is 0.837. The van der Waals surface area contributed by atoms with E-state index < -0.39 is 16.0 Å². The Labute approximate surface area is 210 Å². The summed E-state index contributed by atoms with van der Waals surface area (Å²) in [5, 5.41) is 10.3. The molecule has 0 amide bonds. The van der Waals surface area contributed by atoms with Crippen LogP contribution in [-0.2, 0) is 21.4 Å². The Morgan fingerprint density at radius 1 is 0.889 bits per heavy atom. The number of fused-ring (bicyclic) bond motifs is 3. The van der Waals surface area contributed by atoms with Crippen molar-refractivity contribution in [2.24, 2.45) is 0 Å². The zero-order chi connectivity index (χ0) is 24.9. The van der Waals surface area contributed by atoms with Gasteiger partial charge < -0.3 is 24.1 Å². The SMILES string of the molecule is O=C(O)C1=C(Sc2ccc3c(c2)OCO3)c2ccccc2S(=O)(=O)N1Cc1ccc2c(c1)OCCO2. The van der Waals surface area contributed by atoms with E-state index in [1.165, 1.54) is 6.07 Å². The first kappa shape index (κ1) is 22.6. The molecule has 184 valence electrons. The summed E-state index contributed by atoms with van der Waals surface area (Å²) in [7, 11) is -4.17. The Morgan fingerprint density at radius 2 is 1.58 bits per heavy atom. The second-order valence-corrected chi connectivity index (χ2v) is 11.0. The van der Waals surface area contributed by atoms with Gasteiger partial charge in [-0.05, 0) is 42.0 Å². The molecule has 0 fully saturated rings. The van der Waals surface area contributed by atoms with Crippen LogP contribution in [0.5, 0.6) is 23.0 Å². The van der Waals surface area contributed by atoms with Crippen LogP contribution in [-0.4, -0.2) is 43.8 Å². The number of nitrogens with zero attached hydrogens (tertiary/aromatic N) is 1. The number of carbonyl (C=O) groups is 1. The molecule has 0 saturated carbocycles. The van der Waals surface area contributed by atoms with Crippen LogP contribution in [0.2, 0.25) is 0 Å². The minimum atomic E-state index is -4.17. The summed E-state index contributed by atoms with van der Waals surface area (Å²) >= 11 is 1.16. The van der Waals surface area contributed by atoms with Crippen molar-refractivity contribution in [2.45, 2.75) is 16.3 Å². The highest BCUT2D eigenvalue weighted by atomic mass is 32.2. The van der Waals surface area contributed by atoms with Crippen molar-refractivity contribution in [3.05, 3.63) is 77.5 Å². The molecule has 0 saturated heterocycles. The van der Waals surface area contributed by atoms with Crippen LogP contribution in [0.15, 0.2) is 76.2 Å². The maximum absolute atomic E-state index is 13.7. The molecule has 3 aliphatic heterocycles. The maximum atomic E-state index is 13.7. The first-order valence-electron chi connectivity index (χ1n) is 11.0. The fourth-order valence-electron chi connectivity index (χ4n) is 4.24. The first-order chi connectivity index (χ1) is 17.4. The Kier molecular flexibility index (Phi) is 5.45. The highest BCUT2D eigenvalue weighted by Crippen LogP contribution is 2.47. The molecule has 1 N–H and O–H groups in total. The van der Waals surface area contributed by atoms with Gasteiger partial charge >= 0.3 is 5.97 Å². The molecule has 6 rings (SSSR count). The summed E-state index contributed by atoms with van der Waals surface area (Å²) in [6, 6.07) is 16.7. The van der Waals surface area contributed by atoms with E-state index in [-0.39, 0.29) is 23.9 Å². The van der Waals surface area contributed by atoms with Crippen molar-refractivity contribution in [1.29, 1.82) is 0 Å². The average molecular weight is 526 g/mol. The molecule has 0 bridgehead atoms. The van der Waals surface area contributed by atoms with Crippen LogP contribution in [0.4, 0.5) is 0 Å². The molecule has 0 spiro atoms. The molecule has 0 atom stereocenters. The van der Waals surface area contributed by atoms with E-state index in [0.29, 0.717) is 57.1 Å². The van der Waals surface area contributed by atoms with Gasteiger partial charge in [0, 0.05) is 10.5 Å². The second-order valence-electron chi connectivity index (χ2n) is 8.09. The highest BCUT2D eigenvalue weighted by molar-refractivity contribution is 8.08. The molecule has 3 aromatic rings. The topological polar surface area (TPSA) is 112 Å². The Bertz CT molecular complexity index is 1530. The molecule has 3 aliphatic rings. The van der Waals surface area contributed by atoms with Gasteiger partial charge in [0.2, 0.25) is 6.79 Å². The lowest BCUT2D eigenvalue weighted by Gasteiger charge is -2.32. The van der Waals surface area contributed by atoms with Crippen molar-refractivity contribution in [1.82, 2.24) is 4.31 Å². The molecule has 9 nitrogen and oxygen atoms in total. The second kappa shape index (κ2) is 8.68. The molecule has 11 heteroatoms. The first-order valence-corrected chi connectivity index (χ1v) is 13.2. The number of carboxylic acids is 1. The number of ether oxygens (including phenoxy) is 4. The third kappa shape index (κ3) is 3.80. The quantitative estimate of drug-likeness (QED) is 0.529. The minimum absolute atomic E-state index is 0.0378. The number of carboxylic acid groups (broad SMARTS) is 1. The molecular weight excluding hydrogens is 506 g/mol. The normalized spacial score (nSPS) is 17.1. The van der Waals surface area contributed by atoms with E-state index in [1.807, 2.05) is 0 Å². The molecule has 3 aromatic carbocycles. The fourth-order valence-corrected chi connectivity index (χ4v) is 7.15. The van der Waals surface area contributed by atoms with E-state index in [4.69, 9.17) is 18.9 Å². The number of hydrogen-bond donors (Lipinski definition) is 1. The third-order valence-electron chi connectivity index (χ3n) is 5.86. The van der Waals surface area contributed by atoms with E-state index in [9.17, 15) is 18.3 Å². The van der Waals surface area contributed by atoms with Gasteiger partial charge in [-0.1, -0.05) is 36.0 Å². The zero-order valence-electron chi connectivity index (χ0n) is 18.7. The van der Waals surface area contributed by atoms with Crippen molar-refractivity contribution in [3.63, 3.8) is 0 Å². The van der Waals surface area contributed by atoms with Gasteiger partial charge in [0.25, 0.3) is 10.0 Å². The van der Waals surface area contributed by atoms with Gasteiger partial charge in [-0.25, -0.2) is 13.2 Å². The molecule has 0 unspecified atom stereocenters. The summed E-state index contributed by atoms with van der Waals surface area (Å²) in [4.78, 5) is 13.6. The Morgan fingerprint density at radius 3 is 2.42 bits per heavy atom.